The van der Waals surface area contributed by atoms with Crippen LogP contribution < -0.4 is 0 Å². The Kier molecular flexibility index (Phi) is 23.2. The zero-order valence-electron chi connectivity index (χ0n) is 81.7. The summed E-state index contributed by atoms with van der Waals surface area (Å²) in [7, 11) is 2.11. The van der Waals surface area contributed by atoms with Crippen LogP contribution >= 0.6 is 34.0 Å². The molecule has 0 bridgehead atoms. The summed E-state index contributed by atoms with van der Waals surface area (Å²) in [5.41, 5.74) is 27.5. The molecule has 0 aliphatic carbocycles. The molecule has 6 nitrogen and oxygen atoms in total. The minimum Gasteiger partial charge on any atom is -0.327 e. The van der Waals surface area contributed by atoms with Gasteiger partial charge in [-0.15, -0.1) is 34.0 Å². The fourth-order valence-corrected chi connectivity index (χ4v) is 26.2. The number of nitrogens with zero attached hydrogens (tertiary/aromatic N) is 6. The molecule has 29 rings (SSSR count). The van der Waals surface area contributed by atoms with E-state index in [9.17, 15) is 0 Å². The number of aromatic nitrogens is 5. The molecule has 0 radical (unpaired) electrons. The van der Waals surface area contributed by atoms with Crippen LogP contribution in [0.2, 0.25) is 0 Å². The summed E-state index contributed by atoms with van der Waals surface area (Å²) in [6, 6.07) is 150. The molecule has 0 atom stereocenters. The molecule has 0 saturated heterocycles. The number of thiazole rings is 3. The van der Waals surface area contributed by atoms with Crippen molar-refractivity contribution in [1.82, 2.24) is 24.5 Å². The van der Waals surface area contributed by atoms with Gasteiger partial charge in [-0.25, -0.2) is 24.8 Å². The zero-order chi connectivity index (χ0) is 97.6. The first-order valence-corrected chi connectivity index (χ1v) is 53.7. The molecule has 0 amide bonds. The van der Waals surface area contributed by atoms with Crippen molar-refractivity contribution >= 4 is 211 Å². The molecule has 4 aromatic heterocycles. The number of benzene rings is 25. The van der Waals surface area contributed by atoms with Gasteiger partial charge in [0, 0.05) is 29.3 Å². The van der Waals surface area contributed by atoms with E-state index in [-0.39, 0.29) is 0 Å². The number of para-hydroxylation sites is 4. The Morgan fingerprint density at radius 1 is 0.253 bits per heavy atom. The minimum absolute atomic E-state index is 0.678. The van der Waals surface area contributed by atoms with Crippen LogP contribution in [0.3, 0.4) is 0 Å². The first-order valence-electron chi connectivity index (χ1n) is 51.2. The minimum atomic E-state index is 0.678. The van der Waals surface area contributed by atoms with Crippen LogP contribution in [0.4, 0.5) is 5.69 Å². The van der Waals surface area contributed by atoms with Crippen molar-refractivity contribution in [2.24, 2.45) is 7.05 Å². The number of hydrogen-bond acceptors (Lipinski definition) is 7. The average Bonchev–Trinajstić information content (AvgIpc) is 1.02. The van der Waals surface area contributed by atoms with Gasteiger partial charge in [0.05, 0.1) is 48.3 Å². The molecule has 0 unspecified atom stereocenters. The van der Waals surface area contributed by atoms with Gasteiger partial charge in [-0.3, -0.25) is 0 Å². The van der Waals surface area contributed by atoms with E-state index in [1.54, 1.807) is 22.7 Å². The second-order valence-electron chi connectivity index (χ2n) is 39.1. The van der Waals surface area contributed by atoms with Crippen LogP contribution in [0.15, 0.2) is 413 Å². The monoisotopic (exact) mass is 1920 g/mol. The Hall–Kier alpha value is -16.7. The summed E-state index contributed by atoms with van der Waals surface area (Å²) >= 11 is 5.31. The Morgan fingerprint density at radius 2 is 0.603 bits per heavy atom. The van der Waals surface area contributed by atoms with Crippen LogP contribution in [0.5, 0.6) is 0 Å². The second-order valence-corrected chi connectivity index (χ2v) is 42.2. The number of rotatable bonds is 19. The molecule has 0 aliphatic rings. The van der Waals surface area contributed by atoms with E-state index in [1.165, 1.54) is 263 Å². The topological polar surface area (TPSA) is 60.9 Å². The predicted octanol–water partition coefficient (Wildman–Crippen LogP) is 40.2. The standard InChI is InChI=1S/C41H33NS.C35H29NS.C31H18N2S.C30H20N2/c1-2-3-4-7-18-29-25-34(27-14-8-5-9-15-27)31-23-24-33-36(41-42-37-19-12-13-20-38(37)43-41)26-35(28-16-10-6-11-17-28)32-22-21-30(29)39(31)40(32)33;1-2-3-4-6-9-23-12-21-31-32(22-23)37-35(36-31)30-20-16-26-14-18-28-27(24-10-7-5-8-11-24)17-13-25-15-19-29(30)34(26)33(25)28;1-18-7-9-19(10-8-18)21-13-11-20-12-14-23-25(31-33-26-5-3-4-6-28(26)34-31)17-27(32-2)24-16-15-22(21)29(20)30(23)24;1-32-27-10-6-5-9-26(27)31-30(32)25-18-14-21-12-16-23-22(19-7-3-2-4-8-19)15-11-20-13-17-24(25)29(21)28(20)23/h5-6,8-17,19-26H,2-4,7,18H2,1H3;5,7-8,10-22H,2-4,6,9H2,1H3;3-17H,1H3;2-18H,1H3. The highest BCUT2D eigenvalue weighted by Gasteiger charge is 2.27. The van der Waals surface area contributed by atoms with Crippen molar-refractivity contribution in [2.75, 3.05) is 0 Å². The smallest absolute Gasteiger partial charge is 0.195 e. The quantitative estimate of drug-likeness (QED) is 0.0460. The molecule has 0 N–H and O–H groups in total. The highest BCUT2D eigenvalue weighted by atomic mass is 32.1. The summed E-state index contributed by atoms with van der Waals surface area (Å²) < 4.78 is 5.89. The van der Waals surface area contributed by atoms with Gasteiger partial charge in [-0.1, -0.05) is 404 Å². The maximum atomic E-state index is 7.93. The fraction of sp³-hybridized carbons (Fsp3) is 0.102. The van der Waals surface area contributed by atoms with Crippen molar-refractivity contribution in [3.8, 4) is 98.7 Å². The summed E-state index contributed by atoms with van der Waals surface area (Å²) in [5.74, 6) is 1.01. The summed E-state index contributed by atoms with van der Waals surface area (Å²) in [6.45, 7) is 14.6. The summed E-state index contributed by atoms with van der Waals surface area (Å²) in [4.78, 5) is 24.1. The second kappa shape index (κ2) is 37.9. The summed E-state index contributed by atoms with van der Waals surface area (Å²) in [6.07, 6.45) is 12.5. The van der Waals surface area contributed by atoms with E-state index in [2.05, 4.69) is 425 Å². The lowest BCUT2D eigenvalue weighted by Gasteiger charge is -2.21. The van der Waals surface area contributed by atoms with E-state index in [1.807, 2.05) is 35.6 Å². The molecule has 0 spiro atoms. The molecule has 9 heteroatoms. The normalized spacial score (nSPS) is 11.8. The average molecular weight is 1930 g/mol. The van der Waals surface area contributed by atoms with Gasteiger partial charge in [-0.2, -0.15) is 0 Å². The lowest BCUT2D eigenvalue weighted by Crippen LogP contribution is -1.96. The highest BCUT2D eigenvalue weighted by Crippen LogP contribution is 2.53. The van der Waals surface area contributed by atoms with Crippen LogP contribution in [-0.2, 0) is 19.9 Å². The van der Waals surface area contributed by atoms with Gasteiger partial charge in [0.2, 0.25) is 0 Å². The lowest BCUT2D eigenvalue weighted by atomic mass is 9.83. The van der Waals surface area contributed by atoms with Crippen molar-refractivity contribution in [1.29, 1.82) is 0 Å². The van der Waals surface area contributed by atoms with E-state index in [4.69, 9.17) is 26.5 Å². The third kappa shape index (κ3) is 15.8. The van der Waals surface area contributed by atoms with Gasteiger partial charge in [0.1, 0.15) is 20.8 Å². The molecule has 696 valence electrons. The van der Waals surface area contributed by atoms with Crippen molar-refractivity contribution < 1.29 is 0 Å². The largest absolute Gasteiger partial charge is 0.327 e. The molecular weight excluding hydrogens is 1830 g/mol. The van der Waals surface area contributed by atoms with Gasteiger partial charge < -0.3 is 4.57 Å². The molecule has 0 fully saturated rings. The van der Waals surface area contributed by atoms with Gasteiger partial charge >= 0.3 is 0 Å². The van der Waals surface area contributed by atoms with Gasteiger partial charge in [0.15, 0.2) is 5.69 Å². The number of fused-ring (bicyclic) bond motifs is 4. The Labute approximate surface area is 859 Å². The highest BCUT2D eigenvalue weighted by molar-refractivity contribution is 7.22. The van der Waals surface area contributed by atoms with Crippen molar-refractivity contribution in [3.05, 3.63) is 441 Å². The number of unbranched alkanes of at least 4 members (excludes halogenated alkanes) is 6. The van der Waals surface area contributed by atoms with Crippen LogP contribution in [0.25, 0.3) is 275 Å². The summed E-state index contributed by atoms with van der Waals surface area (Å²) in [5, 5.41) is 33.8. The van der Waals surface area contributed by atoms with Crippen molar-refractivity contribution in [2.45, 2.75) is 85.0 Å². The molecule has 0 saturated carbocycles. The van der Waals surface area contributed by atoms with Gasteiger partial charge in [-0.05, 0) is 295 Å². The van der Waals surface area contributed by atoms with Crippen LogP contribution in [0.1, 0.15) is 81.9 Å². The van der Waals surface area contributed by atoms with Crippen LogP contribution in [-0.4, -0.2) is 24.5 Å². The molecule has 25 aromatic carbocycles. The Bertz CT molecular complexity index is 10000. The molecule has 29 aromatic rings. The van der Waals surface area contributed by atoms with Gasteiger partial charge in [0.25, 0.3) is 0 Å². The fourth-order valence-electron chi connectivity index (χ4n) is 23.1. The van der Waals surface area contributed by atoms with E-state index in [0.717, 1.165) is 87.7 Å². The van der Waals surface area contributed by atoms with E-state index < -0.39 is 0 Å². The lowest BCUT2D eigenvalue weighted by molar-refractivity contribution is 0.667. The first-order chi connectivity index (χ1) is 72.1. The zero-order valence-corrected chi connectivity index (χ0v) is 84.2. The molecule has 0 aliphatic heterocycles. The van der Waals surface area contributed by atoms with Crippen LogP contribution in [0, 0.1) is 13.5 Å². The molecule has 146 heavy (non-hydrogen) atoms. The first kappa shape index (κ1) is 89.4. The van der Waals surface area contributed by atoms with E-state index >= 15 is 0 Å². The molecule has 4 heterocycles. The number of aryl methyl sites for hydroxylation is 4. The maximum Gasteiger partial charge on any atom is 0.195 e. The SMILES string of the molecule is CCCCCCc1cc(-c2ccccc2)c2ccc3c(-c4nc5ccccc5s4)cc(-c4ccccc4)c4ccc1c2c43.CCCCCCc1ccc2nc(-c3ccc4ccc5c(-c6ccccc6)ccc6ccc3c4c65)sc2c1.Cn1c(-c2ccc3ccc4c(-c5ccccc5)ccc5ccc2c3c54)nc2ccccc21.[C-]#[N+]c1cc(-c2nc3ccccc3s2)c2ccc3ccc(-c4ccc(C)cc4)c4ccc1c2c34. The third-order valence-corrected chi connectivity index (χ3v) is 33.5. The predicted molar refractivity (Wildman–Crippen MR) is 630 cm³/mol. The molecular formula is C137H100N6S3. The Balaban J connectivity index is 0.0000000995. The third-order valence-electron chi connectivity index (χ3n) is 30.3. The Morgan fingerprint density at radius 3 is 1.10 bits per heavy atom. The number of hydrogen-bond donors (Lipinski definition) is 0. The number of imidazole rings is 1. The van der Waals surface area contributed by atoms with Crippen molar-refractivity contribution in [3.63, 3.8) is 0 Å². The van der Waals surface area contributed by atoms with E-state index in [0.29, 0.717) is 5.69 Å². The maximum absolute atomic E-state index is 7.93.